The van der Waals surface area contributed by atoms with Gasteiger partial charge in [-0.05, 0) is 23.8 Å². The van der Waals surface area contributed by atoms with E-state index in [1.54, 1.807) is 6.07 Å². The van der Waals surface area contributed by atoms with E-state index in [4.69, 9.17) is 0 Å². The second kappa shape index (κ2) is 7.43. The second-order valence-electron chi connectivity index (χ2n) is 7.56. The number of H-pyrrole nitrogens is 1. The fourth-order valence-corrected chi connectivity index (χ4v) is 3.74. The molecule has 0 saturated carbocycles. The number of benzene rings is 1. The summed E-state index contributed by atoms with van der Waals surface area (Å²) >= 11 is 0. The molecule has 0 aliphatic carbocycles. The molecule has 3 aromatic heterocycles. The van der Waals surface area contributed by atoms with Gasteiger partial charge in [0.15, 0.2) is 5.65 Å². The first kappa shape index (κ1) is 20.7. The maximum Gasteiger partial charge on any atom is 0.416 e. The minimum atomic E-state index is -4.44. The molecule has 9 nitrogen and oxygen atoms in total. The Hall–Kier alpha value is -4.22. The van der Waals surface area contributed by atoms with Crippen molar-refractivity contribution in [2.75, 3.05) is 0 Å². The van der Waals surface area contributed by atoms with Crippen molar-refractivity contribution < 1.29 is 18.0 Å². The summed E-state index contributed by atoms with van der Waals surface area (Å²) in [5, 5.41) is 2.86. The number of hydrogen-bond acceptors (Lipinski definition) is 5. The number of hydrogen-bond donors (Lipinski definition) is 1. The lowest BCUT2D eigenvalue weighted by Crippen LogP contribution is -2.34. The first-order valence-corrected chi connectivity index (χ1v) is 9.81. The van der Waals surface area contributed by atoms with E-state index in [0.717, 1.165) is 12.1 Å². The van der Waals surface area contributed by atoms with Gasteiger partial charge in [0.1, 0.15) is 6.54 Å². The molecule has 0 saturated heterocycles. The molecule has 168 valence electrons. The van der Waals surface area contributed by atoms with E-state index in [1.165, 1.54) is 44.6 Å². The molecule has 0 radical (unpaired) electrons. The summed E-state index contributed by atoms with van der Waals surface area (Å²) < 4.78 is 40.8. The van der Waals surface area contributed by atoms with E-state index < -0.39 is 23.0 Å². The molecule has 1 amide bonds. The molecule has 0 bridgehead atoms. The minimum Gasteiger partial charge on any atom is -0.331 e. The maximum atomic E-state index is 13.0. The molecule has 4 heterocycles. The van der Waals surface area contributed by atoms with Crippen LogP contribution >= 0.6 is 0 Å². The van der Waals surface area contributed by atoms with Crippen LogP contribution in [0.15, 0.2) is 58.4 Å². The first-order chi connectivity index (χ1) is 15.7. The van der Waals surface area contributed by atoms with Crippen LogP contribution in [-0.4, -0.2) is 35.0 Å². The smallest absolute Gasteiger partial charge is 0.331 e. The van der Waals surface area contributed by atoms with E-state index in [-0.39, 0.29) is 31.2 Å². The topological polar surface area (TPSA) is 105 Å². The molecule has 5 rings (SSSR count). The third kappa shape index (κ3) is 3.69. The van der Waals surface area contributed by atoms with Crippen LogP contribution in [0, 0.1) is 0 Å². The van der Waals surface area contributed by atoms with Gasteiger partial charge < -0.3 is 4.90 Å². The van der Waals surface area contributed by atoms with Crippen LogP contribution in [0.5, 0.6) is 0 Å². The quantitative estimate of drug-likeness (QED) is 0.506. The number of aromatic nitrogens is 5. The van der Waals surface area contributed by atoms with E-state index in [2.05, 4.69) is 15.1 Å². The van der Waals surface area contributed by atoms with Gasteiger partial charge >= 0.3 is 11.9 Å². The second-order valence-corrected chi connectivity index (χ2v) is 7.56. The lowest BCUT2D eigenvalue weighted by atomic mass is 10.1. The largest absolute Gasteiger partial charge is 0.416 e. The van der Waals surface area contributed by atoms with Crippen LogP contribution in [-0.2, 0) is 30.6 Å². The molecule has 1 aliphatic rings. The number of carbonyl (C=O) groups is 1. The van der Waals surface area contributed by atoms with Crippen LogP contribution in [0.1, 0.15) is 16.8 Å². The minimum absolute atomic E-state index is 0.0343. The van der Waals surface area contributed by atoms with Crippen molar-refractivity contribution >= 4 is 11.6 Å². The third-order valence-electron chi connectivity index (χ3n) is 5.45. The van der Waals surface area contributed by atoms with Gasteiger partial charge in [-0.1, -0.05) is 12.1 Å². The number of fused-ring (bicyclic) bond motifs is 2. The average Bonchev–Trinajstić information content (AvgIpc) is 3.40. The molecule has 1 aliphatic heterocycles. The van der Waals surface area contributed by atoms with E-state index in [0.29, 0.717) is 22.5 Å². The van der Waals surface area contributed by atoms with Crippen molar-refractivity contribution in [3.05, 3.63) is 86.5 Å². The standard InChI is InChI=1S/C21H15F3N6O3/c22-21(23,24)13-4-2-12(3-5-13)15-8-17-26-16-10-29(9-14(16)19(32)30(17)27-15)18(31)11-28-7-1-6-25-20(28)33/h1-8,27H,9-11H2. The van der Waals surface area contributed by atoms with Gasteiger partial charge in [-0.25, -0.2) is 19.3 Å². The highest BCUT2D eigenvalue weighted by Crippen LogP contribution is 2.31. The normalized spacial score (nSPS) is 13.5. The van der Waals surface area contributed by atoms with Crippen molar-refractivity contribution in [2.24, 2.45) is 0 Å². The molecule has 0 unspecified atom stereocenters. The van der Waals surface area contributed by atoms with Crippen LogP contribution in [0.2, 0.25) is 0 Å². The summed E-state index contributed by atoms with van der Waals surface area (Å²) in [6, 6.07) is 7.66. The lowest BCUT2D eigenvalue weighted by molar-refractivity contribution is -0.137. The van der Waals surface area contributed by atoms with Crippen LogP contribution in [0.25, 0.3) is 16.9 Å². The highest BCUT2D eigenvalue weighted by molar-refractivity contribution is 5.76. The number of amides is 1. The van der Waals surface area contributed by atoms with Gasteiger partial charge in [0.25, 0.3) is 5.56 Å². The molecule has 0 atom stereocenters. The van der Waals surface area contributed by atoms with Crippen molar-refractivity contribution in [1.82, 2.24) is 29.0 Å². The number of nitrogens with one attached hydrogen (secondary N) is 1. The third-order valence-corrected chi connectivity index (χ3v) is 5.45. The zero-order valence-electron chi connectivity index (χ0n) is 16.8. The summed E-state index contributed by atoms with van der Waals surface area (Å²) in [5.41, 5.74) is 0.228. The predicted octanol–water partition coefficient (Wildman–Crippen LogP) is 1.81. The van der Waals surface area contributed by atoms with Gasteiger partial charge in [0.05, 0.1) is 35.6 Å². The van der Waals surface area contributed by atoms with Crippen molar-refractivity contribution in [3.8, 4) is 11.3 Å². The Kier molecular flexibility index (Phi) is 4.65. The Balaban J connectivity index is 1.41. The van der Waals surface area contributed by atoms with Gasteiger partial charge in [0.2, 0.25) is 5.91 Å². The maximum absolute atomic E-state index is 13.0. The Morgan fingerprint density at radius 1 is 1.12 bits per heavy atom. The molecular formula is C21H15F3N6O3. The SMILES string of the molecule is O=C(Cn1cccnc1=O)N1Cc2nc3cc(-c4ccc(C(F)(F)F)cc4)[nH]n3c(=O)c2C1. The molecule has 0 spiro atoms. The summed E-state index contributed by atoms with van der Waals surface area (Å²) in [5.74, 6) is -0.360. The van der Waals surface area contributed by atoms with Crippen LogP contribution < -0.4 is 11.2 Å². The van der Waals surface area contributed by atoms with Gasteiger partial charge in [-0.3, -0.25) is 19.3 Å². The number of nitrogens with zero attached hydrogens (tertiary/aromatic N) is 5. The van der Waals surface area contributed by atoms with Crippen LogP contribution in [0.3, 0.4) is 0 Å². The van der Waals surface area contributed by atoms with E-state index in [1.807, 2.05) is 0 Å². The van der Waals surface area contributed by atoms with E-state index in [9.17, 15) is 27.6 Å². The summed E-state index contributed by atoms with van der Waals surface area (Å²) in [6.45, 7) is -0.0692. The molecule has 1 aromatic carbocycles. The first-order valence-electron chi connectivity index (χ1n) is 9.81. The average molecular weight is 456 g/mol. The van der Waals surface area contributed by atoms with E-state index >= 15 is 0 Å². The Bertz CT molecular complexity index is 1500. The number of rotatable bonds is 3. The monoisotopic (exact) mass is 456 g/mol. The van der Waals surface area contributed by atoms with Crippen molar-refractivity contribution in [3.63, 3.8) is 0 Å². The summed E-state index contributed by atoms with van der Waals surface area (Å²) in [4.78, 5) is 46.8. The Morgan fingerprint density at radius 2 is 1.88 bits per heavy atom. The molecule has 4 aromatic rings. The van der Waals surface area contributed by atoms with Gasteiger partial charge in [0, 0.05) is 18.5 Å². The van der Waals surface area contributed by atoms with Gasteiger partial charge in [-0.2, -0.15) is 13.2 Å². The lowest BCUT2D eigenvalue weighted by Gasteiger charge is -2.15. The zero-order valence-corrected chi connectivity index (χ0v) is 16.8. The van der Waals surface area contributed by atoms with Crippen molar-refractivity contribution in [2.45, 2.75) is 25.8 Å². The van der Waals surface area contributed by atoms with Gasteiger partial charge in [-0.15, -0.1) is 0 Å². The Morgan fingerprint density at radius 3 is 2.58 bits per heavy atom. The van der Waals surface area contributed by atoms with Crippen LogP contribution in [0.4, 0.5) is 13.2 Å². The molecule has 0 fully saturated rings. The number of alkyl halides is 3. The summed E-state index contributed by atoms with van der Waals surface area (Å²) in [7, 11) is 0. The summed E-state index contributed by atoms with van der Waals surface area (Å²) in [6.07, 6.45) is -1.65. The number of halogens is 3. The number of carbonyl (C=O) groups excluding carboxylic acids is 1. The fraction of sp³-hybridized carbons (Fsp3) is 0.190. The predicted molar refractivity (Wildman–Crippen MR) is 109 cm³/mol. The fourth-order valence-electron chi connectivity index (χ4n) is 3.74. The molecular weight excluding hydrogens is 441 g/mol. The number of aromatic amines is 1. The zero-order chi connectivity index (χ0) is 23.3. The molecule has 12 heteroatoms. The Labute approximate surface area is 182 Å². The molecule has 33 heavy (non-hydrogen) atoms. The highest BCUT2D eigenvalue weighted by atomic mass is 19.4. The molecule has 1 N–H and O–H groups in total. The van der Waals surface area contributed by atoms with Crippen molar-refractivity contribution in [1.29, 1.82) is 0 Å². The highest BCUT2D eigenvalue weighted by Gasteiger charge is 2.31.